The number of likely N-dealkylation sites (tertiary alicyclic amines) is 1. The van der Waals surface area contributed by atoms with Gasteiger partial charge in [-0.15, -0.1) is 0 Å². The van der Waals surface area contributed by atoms with Crippen molar-refractivity contribution in [3.8, 4) is 5.69 Å². The van der Waals surface area contributed by atoms with E-state index >= 15 is 0 Å². The molecule has 1 fully saturated rings. The van der Waals surface area contributed by atoms with Crippen molar-refractivity contribution in [1.29, 1.82) is 0 Å². The van der Waals surface area contributed by atoms with Gasteiger partial charge in [-0.1, -0.05) is 48.5 Å². The third-order valence-corrected chi connectivity index (χ3v) is 7.07. The molecule has 0 saturated carbocycles. The van der Waals surface area contributed by atoms with E-state index in [4.69, 9.17) is 0 Å². The molecule has 1 amide bonds. The molecule has 4 aromatic rings. The van der Waals surface area contributed by atoms with Crippen LogP contribution in [-0.4, -0.2) is 49.5 Å². The topological polar surface area (TPSA) is 85.0 Å². The molecule has 2 aromatic carbocycles. The van der Waals surface area contributed by atoms with Gasteiger partial charge in [0, 0.05) is 25.7 Å². The van der Waals surface area contributed by atoms with Crippen molar-refractivity contribution >= 4 is 16.8 Å². The van der Waals surface area contributed by atoms with Crippen molar-refractivity contribution < 1.29 is 4.79 Å². The minimum atomic E-state index is -0.720. The van der Waals surface area contributed by atoms with Gasteiger partial charge in [0.2, 0.25) is 5.91 Å². The van der Waals surface area contributed by atoms with Crippen LogP contribution in [0.1, 0.15) is 42.8 Å². The van der Waals surface area contributed by atoms with E-state index in [9.17, 15) is 9.59 Å². The molecule has 1 N–H and O–H groups in total. The molecule has 8 nitrogen and oxygen atoms in total. The van der Waals surface area contributed by atoms with E-state index in [1.165, 1.54) is 10.2 Å². The highest BCUT2D eigenvalue weighted by atomic mass is 16.2. The second-order valence-electron chi connectivity index (χ2n) is 9.61. The van der Waals surface area contributed by atoms with E-state index in [0.717, 1.165) is 43.9 Å². The summed E-state index contributed by atoms with van der Waals surface area (Å²) in [5, 5.41) is 12.8. The lowest BCUT2D eigenvalue weighted by molar-refractivity contribution is -0.125. The van der Waals surface area contributed by atoms with E-state index in [2.05, 4.69) is 44.7 Å². The van der Waals surface area contributed by atoms with Gasteiger partial charge in [0.15, 0.2) is 0 Å². The maximum absolute atomic E-state index is 13.5. The molecule has 186 valence electrons. The highest BCUT2D eigenvalue weighted by Crippen LogP contribution is 2.21. The lowest BCUT2D eigenvalue weighted by Gasteiger charge is -2.33. The van der Waals surface area contributed by atoms with Crippen LogP contribution < -0.4 is 10.9 Å². The lowest BCUT2D eigenvalue weighted by Crippen LogP contribution is -2.47. The van der Waals surface area contributed by atoms with E-state index < -0.39 is 6.04 Å². The van der Waals surface area contributed by atoms with Gasteiger partial charge in [0.05, 0.1) is 22.5 Å². The number of fused-ring (bicyclic) bond motifs is 1. The Labute approximate surface area is 210 Å². The summed E-state index contributed by atoms with van der Waals surface area (Å²) >= 11 is 0. The molecule has 8 heteroatoms. The Morgan fingerprint density at radius 1 is 1.00 bits per heavy atom. The molecule has 0 aliphatic carbocycles. The molecule has 3 heterocycles. The fraction of sp³-hybridized carbons (Fsp3) is 0.357. The van der Waals surface area contributed by atoms with Crippen LogP contribution in [0.25, 0.3) is 16.6 Å². The smallest absolute Gasteiger partial charge is 0.278 e. The number of aryl methyl sites for hydroxylation is 2. The molecule has 5 rings (SSSR count). The Hall–Kier alpha value is -3.78. The molecule has 1 atom stereocenters. The van der Waals surface area contributed by atoms with Crippen LogP contribution in [0.4, 0.5) is 0 Å². The SMILES string of the molecule is Cc1nn([C@@H](C)C(=O)NC2CCN(Cc3ccccc3)CC2)c(=O)c2c(C)n(-c3ccccc3)nc12. The Kier molecular flexibility index (Phi) is 6.69. The molecule has 0 bridgehead atoms. The van der Waals surface area contributed by atoms with Gasteiger partial charge in [0.25, 0.3) is 5.56 Å². The minimum absolute atomic E-state index is 0.0927. The van der Waals surface area contributed by atoms with Gasteiger partial charge in [0.1, 0.15) is 11.6 Å². The van der Waals surface area contributed by atoms with Crippen LogP contribution in [0.15, 0.2) is 65.5 Å². The zero-order chi connectivity index (χ0) is 25.2. The Balaban J connectivity index is 1.30. The fourth-order valence-electron chi connectivity index (χ4n) is 4.97. The number of piperidine rings is 1. The molecule has 2 aromatic heterocycles. The maximum Gasteiger partial charge on any atom is 0.278 e. The zero-order valence-electron chi connectivity index (χ0n) is 21.0. The molecular weight excluding hydrogens is 452 g/mol. The number of aromatic nitrogens is 4. The van der Waals surface area contributed by atoms with E-state index in [0.29, 0.717) is 16.6 Å². The van der Waals surface area contributed by atoms with Crippen LogP contribution in [0.3, 0.4) is 0 Å². The normalized spacial score (nSPS) is 15.8. The van der Waals surface area contributed by atoms with Gasteiger partial charge in [-0.25, -0.2) is 9.36 Å². The van der Waals surface area contributed by atoms with E-state index in [-0.39, 0.29) is 17.5 Å². The van der Waals surface area contributed by atoms with Crippen molar-refractivity contribution in [2.75, 3.05) is 13.1 Å². The third-order valence-electron chi connectivity index (χ3n) is 7.07. The largest absolute Gasteiger partial charge is 0.351 e. The molecule has 1 saturated heterocycles. The van der Waals surface area contributed by atoms with Crippen molar-refractivity contribution in [3.05, 3.63) is 88.0 Å². The molecular formula is C28H32N6O2. The predicted octanol–water partition coefficient (Wildman–Crippen LogP) is 3.54. The molecule has 36 heavy (non-hydrogen) atoms. The number of nitrogens with zero attached hydrogens (tertiary/aromatic N) is 5. The summed E-state index contributed by atoms with van der Waals surface area (Å²) in [6.07, 6.45) is 1.77. The summed E-state index contributed by atoms with van der Waals surface area (Å²) in [7, 11) is 0. The minimum Gasteiger partial charge on any atom is -0.351 e. The summed E-state index contributed by atoms with van der Waals surface area (Å²) in [6, 6.07) is 19.5. The summed E-state index contributed by atoms with van der Waals surface area (Å²) in [4.78, 5) is 29.0. The molecule has 1 aliphatic rings. The molecule has 1 aliphatic heterocycles. The van der Waals surface area contributed by atoms with Crippen LogP contribution in [-0.2, 0) is 11.3 Å². The summed E-state index contributed by atoms with van der Waals surface area (Å²) in [6.45, 7) is 8.21. The number of hydrogen-bond donors (Lipinski definition) is 1. The lowest BCUT2D eigenvalue weighted by atomic mass is 10.0. The van der Waals surface area contributed by atoms with Crippen molar-refractivity contribution in [2.45, 2.75) is 52.2 Å². The van der Waals surface area contributed by atoms with Crippen LogP contribution in [0, 0.1) is 13.8 Å². The summed E-state index contributed by atoms with van der Waals surface area (Å²) in [5.41, 5.74) is 3.80. The average molecular weight is 485 g/mol. The first kappa shape index (κ1) is 23.9. The van der Waals surface area contributed by atoms with Crippen molar-refractivity contribution in [3.63, 3.8) is 0 Å². The highest BCUT2D eigenvalue weighted by Gasteiger charge is 2.26. The summed E-state index contributed by atoms with van der Waals surface area (Å²) < 4.78 is 3.07. The van der Waals surface area contributed by atoms with E-state index in [1.54, 1.807) is 11.6 Å². The number of rotatable bonds is 6. The number of carbonyl (C=O) groups is 1. The van der Waals surface area contributed by atoms with Crippen LogP contribution in [0.2, 0.25) is 0 Å². The monoisotopic (exact) mass is 484 g/mol. The highest BCUT2D eigenvalue weighted by molar-refractivity contribution is 5.84. The zero-order valence-corrected chi connectivity index (χ0v) is 21.0. The predicted molar refractivity (Wildman–Crippen MR) is 140 cm³/mol. The third kappa shape index (κ3) is 4.68. The molecule has 0 unspecified atom stereocenters. The van der Waals surface area contributed by atoms with Crippen LogP contribution >= 0.6 is 0 Å². The molecule has 0 radical (unpaired) electrons. The first-order valence-corrected chi connectivity index (χ1v) is 12.5. The standard InChI is InChI=1S/C28H32N6O2/c1-19-26-25(20(2)33(31-26)24-12-8-5-9-13-24)28(36)34(30-19)21(3)27(35)29-23-14-16-32(17-15-23)18-22-10-6-4-7-11-22/h4-13,21,23H,14-18H2,1-3H3,(H,29,35)/t21-/m0/s1. The Morgan fingerprint density at radius 3 is 2.31 bits per heavy atom. The Bertz CT molecular complexity index is 1420. The number of hydrogen-bond acceptors (Lipinski definition) is 5. The Morgan fingerprint density at radius 2 is 1.64 bits per heavy atom. The van der Waals surface area contributed by atoms with E-state index in [1.807, 2.05) is 50.2 Å². The van der Waals surface area contributed by atoms with Gasteiger partial charge < -0.3 is 5.32 Å². The average Bonchev–Trinajstić information content (AvgIpc) is 3.26. The van der Waals surface area contributed by atoms with Crippen LogP contribution in [0.5, 0.6) is 0 Å². The summed E-state index contributed by atoms with van der Waals surface area (Å²) in [5.74, 6) is -0.182. The second-order valence-corrected chi connectivity index (χ2v) is 9.61. The fourth-order valence-corrected chi connectivity index (χ4v) is 4.97. The van der Waals surface area contributed by atoms with Gasteiger partial charge in [-0.05, 0) is 51.3 Å². The van der Waals surface area contributed by atoms with Crippen molar-refractivity contribution in [1.82, 2.24) is 29.8 Å². The number of para-hydroxylation sites is 1. The first-order valence-electron chi connectivity index (χ1n) is 12.5. The number of benzene rings is 2. The van der Waals surface area contributed by atoms with Crippen molar-refractivity contribution in [2.24, 2.45) is 0 Å². The maximum atomic E-state index is 13.5. The number of nitrogens with one attached hydrogen (secondary N) is 1. The van der Waals surface area contributed by atoms with Gasteiger partial charge >= 0.3 is 0 Å². The number of amides is 1. The second kappa shape index (κ2) is 10.1. The van der Waals surface area contributed by atoms with Gasteiger partial charge in [-0.2, -0.15) is 10.2 Å². The quantitative estimate of drug-likeness (QED) is 0.453. The molecule has 0 spiro atoms. The first-order chi connectivity index (χ1) is 17.4. The van der Waals surface area contributed by atoms with Gasteiger partial charge in [-0.3, -0.25) is 14.5 Å². The number of carbonyl (C=O) groups excluding carboxylic acids is 1.